The number of benzene rings is 3. The van der Waals surface area contributed by atoms with Gasteiger partial charge in [0.25, 0.3) is 0 Å². The van der Waals surface area contributed by atoms with Crippen LogP contribution in [0.15, 0.2) is 72.8 Å². The molecule has 3 rings (SSSR count). The molecule has 5 nitrogen and oxygen atoms in total. The van der Waals surface area contributed by atoms with Gasteiger partial charge in [-0.15, -0.1) is 0 Å². The van der Waals surface area contributed by atoms with Gasteiger partial charge in [0.05, 0.1) is 16.7 Å². The van der Waals surface area contributed by atoms with E-state index >= 15 is 0 Å². The Labute approximate surface area is 240 Å². The molecule has 202 valence electrons. The minimum absolute atomic E-state index is 0.142. The van der Waals surface area contributed by atoms with Crippen LogP contribution in [-0.2, 0) is 22.6 Å². The van der Waals surface area contributed by atoms with Gasteiger partial charge in [-0.3, -0.25) is 9.59 Å². The standard InChI is InChI=1S/C30H33Cl3N2O3/c1-21(2)19-34-30(37)28(18-22-7-4-3-5-8-22)35(20-23-10-15-26(32)27(33)17-23)29(36)9-6-16-38-25-13-11-24(31)12-14-25/h3-5,7-8,10-15,17,21,28H,6,9,16,18-20H2,1-2H3,(H,34,37)/t28-/m1/s1. The zero-order valence-corrected chi connectivity index (χ0v) is 23.9. The van der Waals surface area contributed by atoms with Crippen LogP contribution in [0.25, 0.3) is 0 Å². The van der Waals surface area contributed by atoms with E-state index in [1.807, 2.05) is 50.2 Å². The van der Waals surface area contributed by atoms with E-state index in [1.54, 1.807) is 41.3 Å². The van der Waals surface area contributed by atoms with E-state index in [0.717, 1.165) is 11.1 Å². The second-order valence-electron chi connectivity index (χ2n) is 9.52. The van der Waals surface area contributed by atoms with Gasteiger partial charge in [0.15, 0.2) is 0 Å². The number of amides is 2. The second kappa shape index (κ2) is 15.0. The van der Waals surface area contributed by atoms with Gasteiger partial charge in [-0.05, 0) is 59.9 Å². The maximum absolute atomic E-state index is 13.6. The zero-order chi connectivity index (χ0) is 27.5. The van der Waals surface area contributed by atoms with Crippen molar-refractivity contribution >= 4 is 46.6 Å². The molecule has 0 aliphatic rings. The molecule has 0 saturated carbocycles. The molecule has 0 bridgehead atoms. The number of ether oxygens (including phenoxy) is 1. The van der Waals surface area contributed by atoms with Crippen LogP contribution in [0.3, 0.4) is 0 Å². The normalized spacial score (nSPS) is 11.7. The van der Waals surface area contributed by atoms with E-state index in [9.17, 15) is 9.59 Å². The molecule has 2 amide bonds. The Balaban J connectivity index is 1.80. The maximum atomic E-state index is 13.6. The third-order valence-electron chi connectivity index (χ3n) is 5.91. The summed E-state index contributed by atoms with van der Waals surface area (Å²) in [7, 11) is 0. The molecule has 1 N–H and O–H groups in total. The summed E-state index contributed by atoms with van der Waals surface area (Å²) in [5.41, 5.74) is 1.76. The minimum Gasteiger partial charge on any atom is -0.494 e. The van der Waals surface area contributed by atoms with Gasteiger partial charge >= 0.3 is 0 Å². The lowest BCUT2D eigenvalue weighted by Gasteiger charge is -2.32. The van der Waals surface area contributed by atoms with Crippen molar-refractivity contribution in [3.8, 4) is 5.75 Å². The minimum atomic E-state index is -0.699. The Bertz CT molecular complexity index is 1190. The Kier molecular flexibility index (Phi) is 11.8. The first-order valence-corrected chi connectivity index (χ1v) is 13.8. The van der Waals surface area contributed by atoms with Crippen LogP contribution in [-0.4, -0.2) is 35.9 Å². The molecule has 0 aliphatic heterocycles. The highest BCUT2D eigenvalue weighted by Crippen LogP contribution is 2.25. The summed E-state index contributed by atoms with van der Waals surface area (Å²) in [6.45, 7) is 5.17. The number of hydrogen-bond donors (Lipinski definition) is 1. The fraction of sp³-hybridized carbons (Fsp3) is 0.333. The molecule has 0 fully saturated rings. The van der Waals surface area contributed by atoms with E-state index in [-0.39, 0.29) is 30.7 Å². The van der Waals surface area contributed by atoms with E-state index in [4.69, 9.17) is 39.5 Å². The van der Waals surface area contributed by atoms with Gasteiger partial charge in [0.1, 0.15) is 11.8 Å². The summed E-state index contributed by atoms with van der Waals surface area (Å²) in [4.78, 5) is 28.8. The first kappa shape index (κ1) is 29.8. The quantitative estimate of drug-likeness (QED) is 0.219. The van der Waals surface area contributed by atoms with Crippen molar-refractivity contribution in [1.29, 1.82) is 0 Å². The lowest BCUT2D eigenvalue weighted by Crippen LogP contribution is -2.51. The summed E-state index contributed by atoms with van der Waals surface area (Å²) < 4.78 is 5.77. The van der Waals surface area contributed by atoms with Gasteiger partial charge in [-0.2, -0.15) is 0 Å². The van der Waals surface area contributed by atoms with Crippen molar-refractivity contribution in [1.82, 2.24) is 10.2 Å². The van der Waals surface area contributed by atoms with Crippen LogP contribution < -0.4 is 10.1 Å². The van der Waals surface area contributed by atoms with Crippen molar-refractivity contribution in [2.75, 3.05) is 13.2 Å². The van der Waals surface area contributed by atoms with Gasteiger partial charge in [0.2, 0.25) is 11.8 Å². The number of rotatable bonds is 13. The Morgan fingerprint density at radius 3 is 2.26 bits per heavy atom. The fourth-order valence-electron chi connectivity index (χ4n) is 3.90. The summed E-state index contributed by atoms with van der Waals surface area (Å²) in [5.74, 6) is 0.634. The molecular formula is C30H33Cl3N2O3. The molecule has 1 atom stereocenters. The highest BCUT2D eigenvalue weighted by atomic mass is 35.5. The van der Waals surface area contributed by atoms with E-state index in [0.29, 0.717) is 46.8 Å². The number of carbonyl (C=O) groups excluding carboxylic acids is 2. The first-order chi connectivity index (χ1) is 18.2. The van der Waals surface area contributed by atoms with Crippen LogP contribution in [0.5, 0.6) is 5.75 Å². The SMILES string of the molecule is CC(C)CNC(=O)[C@@H](Cc1ccccc1)N(Cc1ccc(Cl)c(Cl)c1)C(=O)CCCOc1ccc(Cl)cc1. The van der Waals surface area contributed by atoms with Crippen molar-refractivity contribution in [2.45, 2.75) is 45.7 Å². The highest BCUT2D eigenvalue weighted by molar-refractivity contribution is 6.42. The van der Waals surface area contributed by atoms with Crippen LogP contribution in [0.4, 0.5) is 0 Å². The lowest BCUT2D eigenvalue weighted by molar-refractivity contribution is -0.141. The Morgan fingerprint density at radius 1 is 0.895 bits per heavy atom. The zero-order valence-electron chi connectivity index (χ0n) is 21.6. The molecule has 0 radical (unpaired) electrons. The van der Waals surface area contributed by atoms with Gasteiger partial charge in [0, 0.05) is 31.0 Å². The van der Waals surface area contributed by atoms with Crippen molar-refractivity contribution < 1.29 is 14.3 Å². The largest absolute Gasteiger partial charge is 0.494 e. The number of halogens is 3. The maximum Gasteiger partial charge on any atom is 0.243 e. The second-order valence-corrected chi connectivity index (χ2v) is 10.8. The van der Waals surface area contributed by atoms with Crippen LogP contribution in [0, 0.1) is 5.92 Å². The van der Waals surface area contributed by atoms with Crippen molar-refractivity contribution in [3.05, 3.63) is 99.0 Å². The molecule has 0 aromatic heterocycles. The number of carbonyl (C=O) groups is 2. The van der Waals surface area contributed by atoms with Gasteiger partial charge in [-0.25, -0.2) is 0 Å². The van der Waals surface area contributed by atoms with E-state index in [1.165, 1.54) is 0 Å². The topological polar surface area (TPSA) is 58.6 Å². The van der Waals surface area contributed by atoms with Crippen molar-refractivity contribution in [2.24, 2.45) is 5.92 Å². The predicted molar refractivity (Wildman–Crippen MR) is 155 cm³/mol. The molecular weight excluding hydrogens is 543 g/mol. The number of nitrogens with one attached hydrogen (secondary N) is 1. The molecule has 0 aliphatic carbocycles. The highest BCUT2D eigenvalue weighted by Gasteiger charge is 2.30. The summed E-state index contributed by atoms with van der Waals surface area (Å²) >= 11 is 18.3. The fourth-order valence-corrected chi connectivity index (χ4v) is 4.35. The van der Waals surface area contributed by atoms with Gasteiger partial charge in [-0.1, -0.05) is 85.0 Å². The molecule has 3 aromatic rings. The third kappa shape index (κ3) is 9.54. The van der Waals surface area contributed by atoms with Gasteiger partial charge < -0.3 is 15.0 Å². The monoisotopic (exact) mass is 574 g/mol. The summed E-state index contributed by atoms with van der Waals surface area (Å²) in [5, 5.41) is 4.49. The van der Waals surface area contributed by atoms with Crippen molar-refractivity contribution in [3.63, 3.8) is 0 Å². The van der Waals surface area contributed by atoms with E-state index in [2.05, 4.69) is 5.32 Å². The Morgan fingerprint density at radius 2 is 1.61 bits per heavy atom. The summed E-state index contributed by atoms with van der Waals surface area (Å²) in [6, 6.07) is 21.4. The predicted octanol–water partition coefficient (Wildman–Crippen LogP) is 7.22. The molecule has 0 spiro atoms. The first-order valence-electron chi connectivity index (χ1n) is 12.7. The number of nitrogens with zero attached hydrogens (tertiary/aromatic N) is 1. The average Bonchev–Trinajstić information content (AvgIpc) is 2.90. The third-order valence-corrected chi connectivity index (χ3v) is 6.90. The smallest absolute Gasteiger partial charge is 0.243 e. The van der Waals surface area contributed by atoms with Crippen LogP contribution >= 0.6 is 34.8 Å². The Hall–Kier alpha value is -2.73. The molecule has 8 heteroatoms. The summed E-state index contributed by atoms with van der Waals surface area (Å²) in [6.07, 6.45) is 1.10. The molecule has 3 aromatic carbocycles. The van der Waals surface area contributed by atoms with Crippen LogP contribution in [0.2, 0.25) is 15.1 Å². The molecule has 38 heavy (non-hydrogen) atoms. The molecule has 0 unspecified atom stereocenters. The molecule has 0 saturated heterocycles. The van der Waals surface area contributed by atoms with Crippen LogP contribution in [0.1, 0.15) is 37.8 Å². The lowest BCUT2D eigenvalue weighted by atomic mass is 10.0. The van der Waals surface area contributed by atoms with E-state index < -0.39 is 6.04 Å². The average molecular weight is 576 g/mol. The number of hydrogen-bond acceptors (Lipinski definition) is 3. The molecule has 0 heterocycles.